The molecule has 0 bridgehead atoms. The Hall–Kier alpha value is -3.46. The van der Waals surface area contributed by atoms with Crippen molar-refractivity contribution in [1.82, 2.24) is 14.8 Å². The van der Waals surface area contributed by atoms with Crippen LogP contribution in [0, 0.1) is 12.7 Å². The van der Waals surface area contributed by atoms with Crippen LogP contribution in [0.5, 0.6) is 0 Å². The van der Waals surface area contributed by atoms with Gasteiger partial charge in [-0.3, -0.25) is 14.4 Å². The number of carbonyl (C=O) groups excluding carboxylic acids is 3. The van der Waals surface area contributed by atoms with Crippen LogP contribution in [0.1, 0.15) is 46.7 Å². The van der Waals surface area contributed by atoms with Crippen molar-refractivity contribution in [2.75, 3.05) is 43.4 Å². The minimum atomic E-state index is -0.568. The summed E-state index contributed by atoms with van der Waals surface area (Å²) in [6.45, 7) is 10.1. The number of hydrogen-bond acceptors (Lipinski definition) is 4. The number of anilines is 2. The third-order valence-electron chi connectivity index (χ3n) is 6.46. The van der Waals surface area contributed by atoms with E-state index < -0.39 is 11.7 Å². The summed E-state index contributed by atoms with van der Waals surface area (Å²) in [5.41, 5.74) is 4.09. The van der Waals surface area contributed by atoms with Crippen molar-refractivity contribution in [3.8, 4) is 0 Å². The lowest BCUT2D eigenvalue weighted by Gasteiger charge is -2.29. The highest BCUT2D eigenvalue weighted by Gasteiger charge is 2.31. The highest BCUT2D eigenvalue weighted by molar-refractivity contribution is 6.36. The van der Waals surface area contributed by atoms with Crippen molar-refractivity contribution in [1.29, 1.82) is 0 Å². The molecule has 0 saturated heterocycles. The van der Waals surface area contributed by atoms with Crippen LogP contribution in [0.3, 0.4) is 0 Å². The predicted octanol–water partition coefficient (Wildman–Crippen LogP) is 2.86. The van der Waals surface area contributed by atoms with Crippen LogP contribution in [-0.2, 0) is 16.0 Å². The molecular formula is C24H28FN5O3. The number of rotatable bonds is 8. The maximum absolute atomic E-state index is 14.1. The quantitative estimate of drug-likeness (QED) is 0.423. The number of halogens is 1. The molecule has 2 aliphatic heterocycles. The first kappa shape index (κ1) is 22.7. The monoisotopic (exact) mass is 453 g/mol. The van der Waals surface area contributed by atoms with Crippen LogP contribution in [0.25, 0.3) is 11.6 Å². The van der Waals surface area contributed by atoms with Gasteiger partial charge in [0.25, 0.3) is 11.8 Å². The van der Waals surface area contributed by atoms with Crippen LogP contribution in [0.15, 0.2) is 12.1 Å². The van der Waals surface area contributed by atoms with E-state index in [0.717, 1.165) is 37.0 Å². The zero-order valence-electron chi connectivity index (χ0n) is 19.0. The highest BCUT2D eigenvalue weighted by Crippen LogP contribution is 2.39. The van der Waals surface area contributed by atoms with Gasteiger partial charge in [-0.25, -0.2) is 4.39 Å². The summed E-state index contributed by atoms with van der Waals surface area (Å²) in [5.74, 6) is -0.979. The van der Waals surface area contributed by atoms with Crippen molar-refractivity contribution >= 4 is 41.2 Å². The third-order valence-corrected chi connectivity index (χ3v) is 6.46. The standard InChI is InChI=1S/C24H28FN5O3/c1-4-29(5-2)8-9-30-7-6-18-21(24(30)33)14(3)19(27-18)12-17-16-10-15(25)11-20(26-13-31)22(16)28-23(17)32/h10-13,27H,4-9H2,1-3H3,(H,26,31)(H,28,32)/b17-12+. The fourth-order valence-electron chi connectivity index (χ4n) is 4.54. The number of benzene rings is 1. The molecule has 1 aromatic carbocycles. The van der Waals surface area contributed by atoms with Crippen LogP contribution < -0.4 is 10.6 Å². The summed E-state index contributed by atoms with van der Waals surface area (Å²) in [7, 11) is 0. The molecule has 3 N–H and O–H groups in total. The number of fused-ring (bicyclic) bond motifs is 2. The average Bonchev–Trinajstić information content (AvgIpc) is 3.28. The maximum atomic E-state index is 14.1. The summed E-state index contributed by atoms with van der Waals surface area (Å²) in [5, 5.41) is 5.11. The first-order valence-corrected chi connectivity index (χ1v) is 11.2. The number of aromatic nitrogens is 1. The van der Waals surface area contributed by atoms with E-state index >= 15 is 0 Å². The predicted molar refractivity (Wildman–Crippen MR) is 126 cm³/mol. The second-order valence-electron chi connectivity index (χ2n) is 8.24. The molecule has 3 heterocycles. The largest absolute Gasteiger partial charge is 0.358 e. The first-order valence-electron chi connectivity index (χ1n) is 11.2. The Kier molecular flexibility index (Phi) is 6.33. The van der Waals surface area contributed by atoms with Gasteiger partial charge in [0.1, 0.15) is 5.82 Å². The van der Waals surface area contributed by atoms with Gasteiger partial charge in [-0.2, -0.15) is 0 Å². The van der Waals surface area contributed by atoms with Gasteiger partial charge in [0.05, 0.1) is 22.5 Å². The number of carbonyl (C=O) groups is 3. The van der Waals surface area contributed by atoms with E-state index in [4.69, 9.17) is 0 Å². The summed E-state index contributed by atoms with van der Waals surface area (Å²) in [6.07, 6.45) is 2.78. The van der Waals surface area contributed by atoms with E-state index in [-0.39, 0.29) is 17.2 Å². The van der Waals surface area contributed by atoms with E-state index in [1.54, 1.807) is 6.08 Å². The topological polar surface area (TPSA) is 97.5 Å². The Labute approximate surface area is 191 Å². The lowest BCUT2D eigenvalue weighted by molar-refractivity contribution is -0.110. The minimum absolute atomic E-state index is 0.0124. The normalized spacial score (nSPS) is 16.3. The van der Waals surface area contributed by atoms with Crippen LogP contribution in [0.2, 0.25) is 0 Å². The Morgan fingerprint density at radius 2 is 2.00 bits per heavy atom. The molecule has 4 rings (SSSR count). The van der Waals surface area contributed by atoms with Crippen molar-refractivity contribution in [3.05, 3.63) is 46.0 Å². The second-order valence-corrected chi connectivity index (χ2v) is 8.24. The van der Waals surface area contributed by atoms with Crippen molar-refractivity contribution in [2.45, 2.75) is 27.2 Å². The van der Waals surface area contributed by atoms with Crippen molar-refractivity contribution in [3.63, 3.8) is 0 Å². The van der Waals surface area contributed by atoms with E-state index in [9.17, 15) is 18.8 Å². The van der Waals surface area contributed by atoms with Gasteiger partial charge in [0.15, 0.2) is 0 Å². The molecule has 0 spiro atoms. The number of aromatic amines is 1. The van der Waals surface area contributed by atoms with E-state index in [0.29, 0.717) is 48.4 Å². The molecule has 0 unspecified atom stereocenters. The summed E-state index contributed by atoms with van der Waals surface area (Å²) >= 11 is 0. The smallest absolute Gasteiger partial charge is 0.256 e. The van der Waals surface area contributed by atoms with Gasteiger partial charge >= 0.3 is 0 Å². The van der Waals surface area contributed by atoms with Gasteiger partial charge in [-0.15, -0.1) is 0 Å². The van der Waals surface area contributed by atoms with E-state index in [1.807, 2.05) is 11.8 Å². The lowest BCUT2D eigenvalue weighted by Crippen LogP contribution is -2.42. The molecule has 8 nitrogen and oxygen atoms in total. The average molecular weight is 454 g/mol. The Morgan fingerprint density at radius 3 is 2.70 bits per heavy atom. The molecule has 33 heavy (non-hydrogen) atoms. The number of likely N-dealkylation sites (N-methyl/N-ethyl adjacent to an activating group) is 1. The number of hydrogen-bond donors (Lipinski definition) is 3. The van der Waals surface area contributed by atoms with Gasteiger partial charge in [-0.1, -0.05) is 13.8 Å². The molecule has 1 aromatic heterocycles. The molecular weight excluding hydrogens is 425 g/mol. The fourth-order valence-corrected chi connectivity index (χ4v) is 4.54. The summed E-state index contributed by atoms with van der Waals surface area (Å²) < 4.78 is 14.1. The fraction of sp³-hybridized carbons (Fsp3) is 0.375. The molecule has 9 heteroatoms. The molecule has 0 fully saturated rings. The Bertz CT molecular complexity index is 1150. The number of nitrogens with one attached hydrogen (secondary N) is 3. The van der Waals surface area contributed by atoms with Crippen molar-refractivity contribution < 1.29 is 18.8 Å². The zero-order chi connectivity index (χ0) is 23.7. The lowest BCUT2D eigenvalue weighted by atomic mass is 10.0. The number of amides is 3. The van der Waals surface area contributed by atoms with Gasteiger partial charge in [0.2, 0.25) is 6.41 Å². The Balaban J connectivity index is 1.65. The Morgan fingerprint density at radius 1 is 1.24 bits per heavy atom. The minimum Gasteiger partial charge on any atom is -0.358 e. The van der Waals surface area contributed by atoms with E-state index in [1.165, 1.54) is 6.07 Å². The molecule has 174 valence electrons. The van der Waals surface area contributed by atoms with Crippen LogP contribution >= 0.6 is 0 Å². The van der Waals surface area contributed by atoms with Crippen molar-refractivity contribution in [2.24, 2.45) is 0 Å². The van der Waals surface area contributed by atoms with E-state index in [2.05, 4.69) is 34.4 Å². The maximum Gasteiger partial charge on any atom is 0.256 e. The summed E-state index contributed by atoms with van der Waals surface area (Å²) in [6, 6.07) is 2.41. The SMILES string of the molecule is CCN(CC)CCN1CCc2[nH]c(/C=C3/C(=O)Nc4c(NC=O)cc(F)cc43)c(C)c2C1=O. The molecule has 0 aliphatic carbocycles. The molecule has 0 atom stereocenters. The van der Waals surface area contributed by atoms with Crippen LogP contribution in [-0.4, -0.2) is 65.7 Å². The summed E-state index contributed by atoms with van der Waals surface area (Å²) in [4.78, 5) is 44.2. The molecule has 2 aliphatic rings. The number of nitrogens with zero attached hydrogens (tertiary/aromatic N) is 2. The molecule has 3 amide bonds. The van der Waals surface area contributed by atoms with Crippen LogP contribution in [0.4, 0.5) is 15.8 Å². The third kappa shape index (κ3) is 4.16. The second kappa shape index (κ2) is 9.19. The van der Waals surface area contributed by atoms with Gasteiger partial charge in [-0.05, 0) is 43.8 Å². The van der Waals surface area contributed by atoms with Gasteiger partial charge < -0.3 is 25.4 Å². The highest BCUT2D eigenvalue weighted by atomic mass is 19.1. The number of H-pyrrole nitrogens is 1. The molecule has 0 saturated carbocycles. The molecule has 0 radical (unpaired) electrons. The zero-order valence-corrected chi connectivity index (χ0v) is 19.0. The molecule has 2 aromatic rings. The first-order chi connectivity index (χ1) is 15.9. The van der Waals surface area contributed by atoms with Gasteiger partial charge in [0, 0.05) is 43.0 Å².